The minimum Gasteiger partial charge on any atom is -0.497 e. The normalized spacial score (nSPS) is 11.4. The van der Waals surface area contributed by atoms with Crippen molar-refractivity contribution in [2.75, 3.05) is 13.7 Å². The van der Waals surface area contributed by atoms with Gasteiger partial charge in [0.05, 0.1) is 19.6 Å². The molecule has 2 rings (SSSR count). The van der Waals surface area contributed by atoms with Crippen molar-refractivity contribution in [2.24, 2.45) is 0 Å². The van der Waals surface area contributed by atoms with E-state index < -0.39 is 12.0 Å². The summed E-state index contributed by atoms with van der Waals surface area (Å²) in [7, 11) is 1.55. The Hall–Kier alpha value is -3.02. The Morgan fingerprint density at radius 2 is 1.71 bits per heavy atom. The lowest BCUT2D eigenvalue weighted by molar-refractivity contribution is -0.137. The Labute approximate surface area is 140 Å². The summed E-state index contributed by atoms with van der Waals surface area (Å²) in [6, 6.07) is 15.2. The van der Waals surface area contributed by atoms with E-state index in [1.807, 2.05) is 6.07 Å². The van der Waals surface area contributed by atoms with Gasteiger partial charge >= 0.3 is 5.97 Å². The highest BCUT2D eigenvalue weighted by molar-refractivity contribution is 5.79. The number of carbonyl (C=O) groups excluding carboxylic acids is 1. The zero-order valence-corrected chi connectivity index (χ0v) is 13.3. The van der Waals surface area contributed by atoms with Crippen molar-refractivity contribution < 1.29 is 24.2 Å². The number of benzene rings is 2. The second kappa shape index (κ2) is 8.57. The summed E-state index contributed by atoms with van der Waals surface area (Å²) >= 11 is 0. The van der Waals surface area contributed by atoms with E-state index in [0.29, 0.717) is 17.1 Å². The van der Waals surface area contributed by atoms with E-state index in [2.05, 4.69) is 5.32 Å². The fourth-order valence-corrected chi connectivity index (χ4v) is 2.16. The molecular weight excluding hydrogens is 310 g/mol. The number of rotatable bonds is 8. The highest BCUT2D eigenvalue weighted by atomic mass is 16.5. The number of carboxylic acid groups (broad SMARTS) is 1. The number of para-hydroxylation sites is 1. The molecule has 126 valence electrons. The van der Waals surface area contributed by atoms with Gasteiger partial charge in [-0.1, -0.05) is 30.3 Å². The van der Waals surface area contributed by atoms with E-state index in [-0.39, 0.29) is 18.9 Å². The first-order valence-electron chi connectivity index (χ1n) is 7.41. The first-order chi connectivity index (χ1) is 11.6. The zero-order valence-electron chi connectivity index (χ0n) is 13.3. The van der Waals surface area contributed by atoms with Crippen LogP contribution in [0.2, 0.25) is 0 Å². The van der Waals surface area contributed by atoms with Gasteiger partial charge < -0.3 is 19.9 Å². The Morgan fingerprint density at radius 3 is 2.29 bits per heavy atom. The number of amides is 1. The lowest BCUT2D eigenvalue weighted by atomic mass is 10.0. The van der Waals surface area contributed by atoms with Gasteiger partial charge in [0, 0.05) is 0 Å². The van der Waals surface area contributed by atoms with Crippen LogP contribution in [0.25, 0.3) is 0 Å². The van der Waals surface area contributed by atoms with Crippen molar-refractivity contribution in [2.45, 2.75) is 12.5 Å². The molecule has 6 nitrogen and oxygen atoms in total. The Kier molecular flexibility index (Phi) is 6.19. The lowest BCUT2D eigenvalue weighted by Gasteiger charge is -2.18. The van der Waals surface area contributed by atoms with Gasteiger partial charge in [0.15, 0.2) is 6.61 Å². The maximum Gasteiger partial charge on any atom is 0.305 e. The van der Waals surface area contributed by atoms with Crippen LogP contribution in [0.15, 0.2) is 54.6 Å². The van der Waals surface area contributed by atoms with Crippen molar-refractivity contribution in [1.82, 2.24) is 5.32 Å². The molecule has 2 aromatic rings. The van der Waals surface area contributed by atoms with Gasteiger partial charge in [-0.2, -0.15) is 0 Å². The SMILES string of the molecule is COc1ccc([C@@H](CC(=O)O)NC(=O)COc2ccccc2)cc1. The second-order valence-corrected chi connectivity index (χ2v) is 5.09. The predicted molar refractivity (Wildman–Crippen MR) is 88.1 cm³/mol. The molecule has 0 aliphatic rings. The molecule has 24 heavy (non-hydrogen) atoms. The molecule has 0 bridgehead atoms. The number of carbonyl (C=O) groups is 2. The lowest BCUT2D eigenvalue weighted by Crippen LogP contribution is -2.33. The van der Waals surface area contributed by atoms with Crippen LogP contribution in [0.3, 0.4) is 0 Å². The number of aliphatic carboxylic acids is 1. The maximum absolute atomic E-state index is 12.1. The van der Waals surface area contributed by atoms with Gasteiger partial charge in [-0.15, -0.1) is 0 Å². The molecule has 0 heterocycles. The summed E-state index contributed by atoms with van der Waals surface area (Å²) < 4.78 is 10.4. The molecule has 2 N–H and O–H groups in total. The second-order valence-electron chi connectivity index (χ2n) is 5.09. The van der Waals surface area contributed by atoms with E-state index in [1.54, 1.807) is 55.6 Å². The Balaban J connectivity index is 1.99. The molecule has 6 heteroatoms. The fraction of sp³-hybridized carbons (Fsp3) is 0.222. The molecule has 0 saturated carbocycles. The highest BCUT2D eigenvalue weighted by Crippen LogP contribution is 2.20. The number of carboxylic acids is 1. The molecule has 0 aromatic heterocycles. The zero-order chi connectivity index (χ0) is 17.4. The average molecular weight is 329 g/mol. The van der Waals surface area contributed by atoms with E-state index in [9.17, 15) is 9.59 Å². The summed E-state index contributed by atoms with van der Waals surface area (Å²) in [5.41, 5.74) is 0.686. The smallest absolute Gasteiger partial charge is 0.305 e. The molecule has 0 radical (unpaired) electrons. The highest BCUT2D eigenvalue weighted by Gasteiger charge is 2.18. The van der Waals surface area contributed by atoms with Crippen molar-refractivity contribution in [1.29, 1.82) is 0 Å². The van der Waals surface area contributed by atoms with Crippen LogP contribution < -0.4 is 14.8 Å². The topological polar surface area (TPSA) is 84.9 Å². The van der Waals surface area contributed by atoms with Crippen LogP contribution in [-0.4, -0.2) is 30.7 Å². The van der Waals surface area contributed by atoms with Gasteiger partial charge in [0.25, 0.3) is 5.91 Å². The number of hydrogen-bond donors (Lipinski definition) is 2. The molecule has 0 spiro atoms. The van der Waals surface area contributed by atoms with Crippen molar-refractivity contribution >= 4 is 11.9 Å². The quantitative estimate of drug-likeness (QED) is 0.777. The van der Waals surface area contributed by atoms with Gasteiger partial charge in [0.2, 0.25) is 0 Å². The van der Waals surface area contributed by atoms with E-state index >= 15 is 0 Å². The summed E-state index contributed by atoms with van der Waals surface area (Å²) in [5, 5.41) is 11.7. The molecule has 0 aliphatic heterocycles. The van der Waals surface area contributed by atoms with Crippen LogP contribution in [0, 0.1) is 0 Å². The first-order valence-corrected chi connectivity index (χ1v) is 7.41. The average Bonchev–Trinajstić information content (AvgIpc) is 2.60. The van der Waals surface area contributed by atoms with Gasteiger partial charge in [0.1, 0.15) is 11.5 Å². The van der Waals surface area contributed by atoms with Gasteiger partial charge in [-0.05, 0) is 29.8 Å². The van der Waals surface area contributed by atoms with Crippen LogP contribution in [0.5, 0.6) is 11.5 Å². The summed E-state index contributed by atoms with van der Waals surface area (Å²) in [6.07, 6.45) is -0.219. The largest absolute Gasteiger partial charge is 0.497 e. The minimum absolute atomic E-state index is 0.184. The third-order valence-corrected chi connectivity index (χ3v) is 3.35. The van der Waals surface area contributed by atoms with E-state index in [1.165, 1.54) is 0 Å². The monoisotopic (exact) mass is 329 g/mol. The van der Waals surface area contributed by atoms with Crippen LogP contribution in [0.1, 0.15) is 18.0 Å². The minimum atomic E-state index is -1.000. The van der Waals surface area contributed by atoms with Crippen LogP contribution in [-0.2, 0) is 9.59 Å². The van der Waals surface area contributed by atoms with Crippen molar-refractivity contribution in [3.63, 3.8) is 0 Å². The molecule has 2 aromatic carbocycles. The summed E-state index contributed by atoms with van der Waals surface area (Å²) in [6.45, 7) is -0.184. The number of nitrogens with one attached hydrogen (secondary N) is 1. The number of ether oxygens (including phenoxy) is 2. The molecule has 0 aliphatic carbocycles. The standard InChI is InChI=1S/C18H19NO5/c1-23-14-9-7-13(8-10-14)16(11-18(21)22)19-17(20)12-24-15-5-3-2-4-6-15/h2-10,16H,11-12H2,1H3,(H,19,20)(H,21,22)/t16-/m1/s1. The molecule has 1 amide bonds. The number of hydrogen-bond acceptors (Lipinski definition) is 4. The third-order valence-electron chi connectivity index (χ3n) is 3.35. The van der Waals surface area contributed by atoms with Crippen LogP contribution >= 0.6 is 0 Å². The predicted octanol–water partition coefficient (Wildman–Crippen LogP) is 2.41. The maximum atomic E-state index is 12.1. The summed E-state index contributed by atoms with van der Waals surface area (Å²) in [4.78, 5) is 23.1. The molecule has 1 atom stereocenters. The first kappa shape index (κ1) is 17.3. The van der Waals surface area contributed by atoms with Crippen LogP contribution in [0.4, 0.5) is 0 Å². The van der Waals surface area contributed by atoms with E-state index in [4.69, 9.17) is 14.6 Å². The molecule has 0 saturated heterocycles. The van der Waals surface area contributed by atoms with Crippen molar-refractivity contribution in [3.05, 3.63) is 60.2 Å². The summed E-state index contributed by atoms with van der Waals surface area (Å²) in [5.74, 6) is -0.153. The van der Waals surface area contributed by atoms with Crippen molar-refractivity contribution in [3.8, 4) is 11.5 Å². The fourth-order valence-electron chi connectivity index (χ4n) is 2.16. The third kappa shape index (κ3) is 5.31. The Bertz CT molecular complexity index is 670. The molecule has 0 unspecified atom stereocenters. The van der Waals surface area contributed by atoms with E-state index in [0.717, 1.165) is 0 Å². The number of methoxy groups -OCH3 is 1. The van der Waals surface area contributed by atoms with Gasteiger partial charge in [-0.3, -0.25) is 9.59 Å². The molecule has 0 fully saturated rings. The van der Waals surface area contributed by atoms with Gasteiger partial charge in [-0.25, -0.2) is 0 Å². The Morgan fingerprint density at radius 1 is 1.04 bits per heavy atom. The molecular formula is C18H19NO5.